The minimum Gasteiger partial charge on any atom is -0.384 e. The molecule has 0 radical (unpaired) electrons. The molecule has 0 atom stereocenters. The lowest BCUT2D eigenvalue weighted by atomic mass is 10.1. The second kappa shape index (κ2) is 6.38. The number of carbonyl (C=O) groups is 1. The molecule has 1 aromatic carbocycles. The number of aliphatic hydroxyl groups excluding tert-OH is 1. The molecule has 102 valence electrons. The maximum absolute atomic E-state index is 12.2. The molecule has 1 heterocycles. The maximum atomic E-state index is 12.2. The van der Waals surface area contributed by atoms with Crippen molar-refractivity contribution in [2.75, 3.05) is 11.9 Å². The van der Waals surface area contributed by atoms with Gasteiger partial charge in [-0.05, 0) is 48.6 Å². The molecule has 1 aromatic heterocycles. The van der Waals surface area contributed by atoms with E-state index >= 15 is 0 Å². The lowest BCUT2D eigenvalue weighted by Gasteiger charge is -2.08. The molecule has 1 amide bonds. The monoisotopic (exact) mass is 285 g/mol. The Labute approximate surface area is 122 Å². The van der Waals surface area contributed by atoms with Crippen LogP contribution < -0.4 is 5.32 Å². The van der Waals surface area contributed by atoms with Gasteiger partial charge in [-0.1, -0.05) is 17.9 Å². The van der Waals surface area contributed by atoms with Crippen molar-refractivity contribution in [3.05, 3.63) is 51.2 Å². The molecule has 0 aliphatic heterocycles. The molecular formula is C16H15NO2S. The van der Waals surface area contributed by atoms with Crippen molar-refractivity contribution in [2.45, 2.75) is 13.8 Å². The summed E-state index contributed by atoms with van der Waals surface area (Å²) in [5.74, 6) is 5.32. The molecule has 2 N–H and O–H groups in total. The Hall–Kier alpha value is -2.09. The standard InChI is InChI=1S/C16H15NO2S/c1-11-5-6-13(4-3-8-18)10-14(11)17-16(19)15-12(2)7-9-20-15/h5-7,9-10,18H,8H2,1-2H3,(H,17,19). The van der Waals surface area contributed by atoms with Crippen LogP contribution in [0.2, 0.25) is 0 Å². The quantitative estimate of drug-likeness (QED) is 0.833. The first-order chi connectivity index (χ1) is 9.61. The Morgan fingerprint density at radius 3 is 2.75 bits per heavy atom. The molecule has 2 rings (SSSR count). The predicted octanol–water partition coefficient (Wildman–Crippen LogP) is 2.96. The summed E-state index contributed by atoms with van der Waals surface area (Å²) in [6, 6.07) is 7.51. The Bertz CT molecular complexity index is 692. The van der Waals surface area contributed by atoms with Crippen molar-refractivity contribution >= 4 is 22.9 Å². The Kier molecular flexibility index (Phi) is 4.57. The largest absolute Gasteiger partial charge is 0.384 e. The molecule has 0 aliphatic carbocycles. The van der Waals surface area contributed by atoms with E-state index in [9.17, 15) is 4.79 Å². The number of hydrogen-bond donors (Lipinski definition) is 2. The van der Waals surface area contributed by atoms with E-state index in [1.165, 1.54) is 11.3 Å². The molecule has 4 heteroatoms. The molecule has 0 saturated heterocycles. The van der Waals surface area contributed by atoms with Crippen molar-refractivity contribution in [1.29, 1.82) is 0 Å². The van der Waals surface area contributed by atoms with Gasteiger partial charge in [0.25, 0.3) is 5.91 Å². The zero-order chi connectivity index (χ0) is 14.5. The fourth-order valence-corrected chi connectivity index (χ4v) is 2.58. The third-order valence-corrected chi connectivity index (χ3v) is 3.88. The summed E-state index contributed by atoms with van der Waals surface area (Å²) in [4.78, 5) is 12.9. The van der Waals surface area contributed by atoms with E-state index in [0.29, 0.717) is 0 Å². The third kappa shape index (κ3) is 3.27. The number of nitrogens with one attached hydrogen (secondary N) is 1. The van der Waals surface area contributed by atoms with E-state index in [1.54, 1.807) is 0 Å². The van der Waals surface area contributed by atoms with Gasteiger partial charge in [0.15, 0.2) is 0 Å². The number of aryl methyl sites for hydroxylation is 2. The van der Waals surface area contributed by atoms with Crippen molar-refractivity contribution in [2.24, 2.45) is 0 Å². The van der Waals surface area contributed by atoms with Crippen LogP contribution in [0, 0.1) is 25.7 Å². The second-order valence-corrected chi connectivity index (χ2v) is 5.29. The van der Waals surface area contributed by atoms with E-state index in [0.717, 1.165) is 27.3 Å². The first kappa shape index (κ1) is 14.3. The number of thiophene rings is 1. The molecule has 0 bridgehead atoms. The van der Waals surface area contributed by atoms with Crippen LogP contribution in [0.1, 0.15) is 26.4 Å². The van der Waals surface area contributed by atoms with Gasteiger partial charge in [0.2, 0.25) is 0 Å². The van der Waals surface area contributed by atoms with Crippen molar-refractivity contribution in [1.82, 2.24) is 0 Å². The number of hydrogen-bond acceptors (Lipinski definition) is 3. The SMILES string of the molecule is Cc1ccc(C#CCO)cc1NC(=O)c1sccc1C. The van der Waals surface area contributed by atoms with E-state index in [4.69, 9.17) is 5.11 Å². The molecule has 0 unspecified atom stereocenters. The minimum absolute atomic E-state index is 0.104. The zero-order valence-corrected chi connectivity index (χ0v) is 12.2. The van der Waals surface area contributed by atoms with Crippen LogP contribution in [0.15, 0.2) is 29.6 Å². The number of benzene rings is 1. The number of anilines is 1. The minimum atomic E-state index is -0.177. The number of rotatable bonds is 2. The van der Waals surface area contributed by atoms with Crippen molar-refractivity contribution in [3.63, 3.8) is 0 Å². The molecule has 0 aliphatic rings. The fourth-order valence-electron chi connectivity index (χ4n) is 1.76. The van der Waals surface area contributed by atoms with Gasteiger partial charge in [-0.3, -0.25) is 4.79 Å². The van der Waals surface area contributed by atoms with Crippen molar-refractivity contribution < 1.29 is 9.90 Å². The molecule has 0 fully saturated rings. The summed E-state index contributed by atoms with van der Waals surface area (Å²) in [5, 5.41) is 13.5. The topological polar surface area (TPSA) is 49.3 Å². The van der Waals surface area contributed by atoms with Gasteiger partial charge in [0.05, 0.1) is 4.88 Å². The highest BCUT2D eigenvalue weighted by atomic mass is 32.1. The van der Waals surface area contributed by atoms with Crippen molar-refractivity contribution in [3.8, 4) is 11.8 Å². The van der Waals surface area contributed by atoms with Gasteiger partial charge in [-0.25, -0.2) is 0 Å². The number of amides is 1. The lowest BCUT2D eigenvalue weighted by molar-refractivity contribution is 0.103. The van der Waals surface area contributed by atoms with Gasteiger partial charge in [0, 0.05) is 11.3 Å². The Morgan fingerprint density at radius 1 is 1.30 bits per heavy atom. The Balaban J connectivity index is 2.25. The average Bonchev–Trinajstić information content (AvgIpc) is 2.86. The van der Waals surface area contributed by atoms with Gasteiger partial charge in [-0.2, -0.15) is 0 Å². The van der Waals surface area contributed by atoms with Crippen LogP contribution in [-0.4, -0.2) is 17.6 Å². The van der Waals surface area contributed by atoms with E-state index in [2.05, 4.69) is 17.2 Å². The smallest absolute Gasteiger partial charge is 0.266 e. The lowest BCUT2D eigenvalue weighted by Crippen LogP contribution is -2.12. The summed E-state index contributed by atoms with van der Waals surface area (Å²) < 4.78 is 0. The summed E-state index contributed by atoms with van der Waals surface area (Å²) in [6.45, 7) is 3.67. The maximum Gasteiger partial charge on any atom is 0.266 e. The first-order valence-electron chi connectivity index (χ1n) is 6.17. The van der Waals surface area contributed by atoms with Crippen LogP contribution >= 0.6 is 11.3 Å². The van der Waals surface area contributed by atoms with Crippen LogP contribution in [0.5, 0.6) is 0 Å². The molecule has 20 heavy (non-hydrogen) atoms. The van der Waals surface area contributed by atoms with Crippen LogP contribution in [-0.2, 0) is 0 Å². The van der Waals surface area contributed by atoms with Gasteiger partial charge < -0.3 is 10.4 Å². The van der Waals surface area contributed by atoms with Gasteiger partial charge in [0.1, 0.15) is 6.61 Å². The van der Waals surface area contributed by atoms with E-state index in [1.807, 2.05) is 43.5 Å². The van der Waals surface area contributed by atoms with E-state index < -0.39 is 0 Å². The second-order valence-electron chi connectivity index (χ2n) is 4.38. The van der Waals surface area contributed by atoms with E-state index in [-0.39, 0.29) is 12.5 Å². The highest BCUT2D eigenvalue weighted by Crippen LogP contribution is 2.21. The molecule has 0 saturated carbocycles. The summed E-state index contributed by atoms with van der Waals surface area (Å²) in [7, 11) is 0. The summed E-state index contributed by atoms with van der Waals surface area (Å²) in [6.07, 6.45) is 0. The summed E-state index contributed by atoms with van der Waals surface area (Å²) >= 11 is 1.43. The molecule has 3 nitrogen and oxygen atoms in total. The van der Waals surface area contributed by atoms with Crippen LogP contribution in [0.25, 0.3) is 0 Å². The fraction of sp³-hybridized carbons (Fsp3) is 0.188. The molecule has 2 aromatic rings. The van der Waals surface area contributed by atoms with Crippen LogP contribution in [0.4, 0.5) is 5.69 Å². The third-order valence-electron chi connectivity index (χ3n) is 2.87. The van der Waals surface area contributed by atoms with Crippen LogP contribution in [0.3, 0.4) is 0 Å². The first-order valence-corrected chi connectivity index (χ1v) is 7.05. The average molecular weight is 285 g/mol. The zero-order valence-electron chi connectivity index (χ0n) is 11.4. The molecular weight excluding hydrogens is 270 g/mol. The number of carbonyl (C=O) groups excluding carboxylic acids is 1. The highest BCUT2D eigenvalue weighted by molar-refractivity contribution is 7.12. The highest BCUT2D eigenvalue weighted by Gasteiger charge is 2.11. The predicted molar refractivity (Wildman–Crippen MR) is 82.2 cm³/mol. The molecule has 0 spiro atoms. The van der Waals surface area contributed by atoms with Gasteiger partial charge in [-0.15, -0.1) is 11.3 Å². The summed E-state index contributed by atoms with van der Waals surface area (Å²) in [5.41, 5.74) is 3.46. The van der Waals surface area contributed by atoms with Gasteiger partial charge >= 0.3 is 0 Å². The number of aliphatic hydroxyl groups is 1. The normalized spacial score (nSPS) is 9.75. The Morgan fingerprint density at radius 2 is 2.10 bits per heavy atom.